The highest BCUT2D eigenvalue weighted by molar-refractivity contribution is 6.01. The quantitative estimate of drug-likeness (QED) is 0.277. The fraction of sp³-hybridized carbons (Fsp3) is 0.462. The number of esters is 1. The summed E-state index contributed by atoms with van der Waals surface area (Å²) in [5.41, 5.74) is 1.50. The number of carbonyl (C=O) groups excluding carboxylic acids is 1. The highest BCUT2D eigenvalue weighted by atomic mass is 16.6. The summed E-state index contributed by atoms with van der Waals surface area (Å²) >= 11 is 0. The lowest BCUT2D eigenvalue weighted by molar-refractivity contribution is 0.0129. The van der Waals surface area contributed by atoms with E-state index in [1.807, 2.05) is 31.2 Å². The van der Waals surface area contributed by atoms with Crippen molar-refractivity contribution in [2.75, 3.05) is 13.2 Å². The molecule has 2 aliphatic heterocycles. The number of rotatable bonds is 4. The van der Waals surface area contributed by atoms with Crippen LogP contribution in [0, 0.1) is 0 Å². The van der Waals surface area contributed by atoms with Crippen molar-refractivity contribution in [2.24, 2.45) is 5.16 Å². The standard InChI is InChI=1S/C26H33NO6/c1-3-14-32-27-19-12-8-6-4-5-7-11-18(2)33-26(30)25-20(16-19)24(21(28)17-22(25)29)23-13-9-10-15-31-23/h3,5,7-8,12,17-18,23,28-29H,1,4,6,9-11,13-16H2,2H3/b7-5+,12-8+,27-19?. The van der Waals surface area contributed by atoms with Crippen LogP contribution in [-0.4, -0.2) is 41.2 Å². The Bertz CT molecular complexity index is 927. The Labute approximate surface area is 195 Å². The molecule has 1 saturated heterocycles. The predicted octanol–water partition coefficient (Wildman–Crippen LogP) is 5.28. The van der Waals surface area contributed by atoms with Gasteiger partial charge in [0.05, 0.1) is 11.8 Å². The van der Waals surface area contributed by atoms with Crippen LogP contribution in [0.4, 0.5) is 0 Å². The van der Waals surface area contributed by atoms with Crippen molar-refractivity contribution in [3.05, 3.63) is 59.7 Å². The SMILES string of the molecule is C=CCON=C1/C=C/CC/C=C/CC(C)OC(=O)c2c(O)cc(O)c(C3CCCCO3)c2C1. The van der Waals surface area contributed by atoms with E-state index in [0.717, 1.165) is 25.7 Å². The van der Waals surface area contributed by atoms with Crippen molar-refractivity contribution >= 4 is 11.7 Å². The number of hydrogen-bond donors (Lipinski definition) is 2. The molecule has 2 aliphatic rings. The summed E-state index contributed by atoms with van der Waals surface area (Å²) in [4.78, 5) is 18.5. The molecule has 7 nitrogen and oxygen atoms in total. The summed E-state index contributed by atoms with van der Waals surface area (Å²) in [6, 6.07) is 1.20. The number of cyclic esters (lactones) is 1. The van der Waals surface area contributed by atoms with Crippen LogP contribution in [0.15, 0.2) is 48.2 Å². The first kappa shape index (κ1) is 24.6. The van der Waals surface area contributed by atoms with E-state index in [0.29, 0.717) is 36.3 Å². The normalized spacial score (nSPS) is 25.4. The maximum atomic E-state index is 13.2. The molecule has 0 saturated carbocycles. The monoisotopic (exact) mass is 455 g/mol. The minimum Gasteiger partial charge on any atom is -0.507 e. The number of phenols is 2. The summed E-state index contributed by atoms with van der Waals surface area (Å²) in [7, 11) is 0. The largest absolute Gasteiger partial charge is 0.507 e. The lowest BCUT2D eigenvalue weighted by atomic mass is 9.88. The van der Waals surface area contributed by atoms with E-state index in [4.69, 9.17) is 14.3 Å². The van der Waals surface area contributed by atoms with E-state index in [1.54, 1.807) is 6.08 Å². The molecule has 1 fully saturated rings. The molecule has 0 bridgehead atoms. The van der Waals surface area contributed by atoms with E-state index in [2.05, 4.69) is 11.7 Å². The maximum Gasteiger partial charge on any atom is 0.342 e. The Morgan fingerprint density at radius 1 is 1.21 bits per heavy atom. The topological polar surface area (TPSA) is 97.6 Å². The van der Waals surface area contributed by atoms with Gasteiger partial charge in [-0.05, 0) is 50.7 Å². The maximum absolute atomic E-state index is 13.2. The number of hydrogen-bond acceptors (Lipinski definition) is 7. The van der Waals surface area contributed by atoms with Crippen LogP contribution in [0.5, 0.6) is 11.5 Å². The predicted molar refractivity (Wildman–Crippen MR) is 127 cm³/mol. The number of nitrogens with zero attached hydrogens (tertiary/aromatic N) is 1. The molecule has 0 amide bonds. The zero-order valence-electron chi connectivity index (χ0n) is 19.2. The molecule has 0 spiro atoms. The third-order valence-corrected chi connectivity index (χ3v) is 5.62. The lowest BCUT2D eigenvalue weighted by Crippen LogP contribution is -2.21. The molecule has 0 aromatic heterocycles. The minimum absolute atomic E-state index is 0.0229. The average molecular weight is 456 g/mol. The van der Waals surface area contributed by atoms with Crippen LogP contribution in [0.2, 0.25) is 0 Å². The second kappa shape index (κ2) is 12.3. The number of oxime groups is 1. The second-order valence-corrected chi connectivity index (χ2v) is 8.28. The summed E-state index contributed by atoms with van der Waals surface area (Å²) in [6.07, 6.45) is 13.7. The number of carbonyl (C=O) groups is 1. The number of aromatic hydroxyl groups is 2. The molecule has 0 aliphatic carbocycles. The summed E-state index contributed by atoms with van der Waals surface area (Å²) in [5.74, 6) is -1.09. The molecular formula is C26H33NO6. The van der Waals surface area contributed by atoms with Crippen molar-refractivity contribution < 1.29 is 29.3 Å². The van der Waals surface area contributed by atoms with Crippen molar-refractivity contribution in [3.63, 3.8) is 0 Å². The molecule has 1 aromatic rings. The van der Waals surface area contributed by atoms with Crippen LogP contribution < -0.4 is 0 Å². The van der Waals surface area contributed by atoms with Crippen molar-refractivity contribution in [3.8, 4) is 11.5 Å². The van der Waals surface area contributed by atoms with Gasteiger partial charge in [0.25, 0.3) is 0 Å². The van der Waals surface area contributed by atoms with Gasteiger partial charge in [0.15, 0.2) is 0 Å². The molecule has 2 heterocycles. The Morgan fingerprint density at radius 3 is 2.79 bits per heavy atom. The summed E-state index contributed by atoms with van der Waals surface area (Å²) in [6.45, 7) is 6.24. The minimum atomic E-state index is -0.646. The van der Waals surface area contributed by atoms with E-state index in [9.17, 15) is 15.0 Å². The Hall–Kier alpha value is -3.06. The molecule has 0 radical (unpaired) electrons. The first-order valence-electron chi connectivity index (χ1n) is 11.5. The van der Waals surface area contributed by atoms with E-state index >= 15 is 0 Å². The Morgan fingerprint density at radius 2 is 2.03 bits per heavy atom. The van der Waals surface area contributed by atoms with Gasteiger partial charge in [0.2, 0.25) is 0 Å². The molecule has 2 unspecified atom stereocenters. The molecule has 33 heavy (non-hydrogen) atoms. The van der Waals surface area contributed by atoms with Gasteiger partial charge in [-0.2, -0.15) is 0 Å². The first-order valence-corrected chi connectivity index (χ1v) is 11.5. The molecule has 7 heteroatoms. The number of allylic oxidation sites excluding steroid dienone is 3. The van der Waals surface area contributed by atoms with Gasteiger partial charge >= 0.3 is 5.97 Å². The zero-order chi connectivity index (χ0) is 23.6. The average Bonchev–Trinajstić information content (AvgIpc) is 2.78. The Kier molecular flexibility index (Phi) is 9.13. The molecular weight excluding hydrogens is 422 g/mol. The van der Waals surface area contributed by atoms with Crippen LogP contribution in [-0.2, 0) is 20.7 Å². The van der Waals surface area contributed by atoms with Gasteiger partial charge in [-0.25, -0.2) is 4.79 Å². The van der Waals surface area contributed by atoms with Gasteiger partial charge in [0.1, 0.15) is 29.8 Å². The fourth-order valence-electron chi connectivity index (χ4n) is 4.05. The number of phenolic OH excluding ortho intramolecular Hbond substituents is 2. The van der Waals surface area contributed by atoms with Gasteiger partial charge in [-0.15, -0.1) is 0 Å². The van der Waals surface area contributed by atoms with Crippen molar-refractivity contribution in [1.82, 2.24) is 0 Å². The second-order valence-electron chi connectivity index (χ2n) is 8.28. The third kappa shape index (κ3) is 6.71. The fourth-order valence-corrected chi connectivity index (χ4v) is 4.05. The van der Waals surface area contributed by atoms with E-state index in [-0.39, 0.29) is 42.3 Å². The summed E-state index contributed by atoms with van der Waals surface area (Å²) < 4.78 is 11.6. The number of fused-ring (bicyclic) bond motifs is 1. The molecule has 2 atom stereocenters. The molecule has 1 aromatic carbocycles. The number of ether oxygens (including phenoxy) is 2. The van der Waals surface area contributed by atoms with Crippen LogP contribution >= 0.6 is 0 Å². The smallest absolute Gasteiger partial charge is 0.342 e. The Balaban J connectivity index is 2.14. The van der Waals surface area contributed by atoms with Crippen LogP contribution in [0.1, 0.15) is 73.0 Å². The number of benzene rings is 1. The van der Waals surface area contributed by atoms with Crippen LogP contribution in [0.3, 0.4) is 0 Å². The highest BCUT2D eigenvalue weighted by Gasteiger charge is 2.31. The van der Waals surface area contributed by atoms with E-state index in [1.165, 1.54) is 6.07 Å². The van der Waals surface area contributed by atoms with Crippen molar-refractivity contribution in [2.45, 2.75) is 64.1 Å². The highest BCUT2D eigenvalue weighted by Crippen LogP contribution is 2.41. The molecule has 3 rings (SSSR count). The van der Waals surface area contributed by atoms with Gasteiger partial charge < -0.3 is 24.5 Å². The van der Waals surface area contributed by atoms with Gasteiger partial charge in [-0.1, -0.05) is 36.0 Å². The lowest BCUT2D eigenvalue weighted by Gasteiger charge is -2.27. The molecule has 2 N–H and O–H groups in total. The van der Waals surface area contributed by atoms with Crippen LogP contribution in [0.25, 0.3) is 0 Å². The third-order valence-electron chi connectivity index (χ3n) is 5.62. The first-order chi connectivity index (χ1) is 16.0. The van der Waals surface area contributed by atoms with Gasteiger partial charge in [-0.3, -0.25) is 0 Å². The molecule has 178 valence electrons. The van der Waals surface area contributed by atoms with Crippen molar-refractivity contribution in [1.29, 1.82) is 0 Å². The zero-order valence-corrected chi connectivity index (χ0v) is 19.2. The van der Waals surface area contributed by atoms with Gasteiger partial charge in [0, 0.05) is 31.1 Å². The summed E-state index contributed by atoms with van der Waals surface area (Å²) in [5, 5.41) is 25.7. The van der Waals surface area contributed by atoms with E-state index < -0.39 is 5.97 Å².